The van der Waals surface area contributed by atoms with Gasteiger partial charge in [-0.2, -0.15) is 9.78 Å². The molecule has 0 aliphatic carbocycles. The largest absolute Gasteiger partial charge is 0.333 e. The Hall–Kier alpha value is -2.92. The SMILES string of the molecule is CCN(Cc1ccccc1Cl)C(=O)c1ccc(=O)n(-c2ccccc2)n1. The van der Waals surface area contributed by atoms with E-state index < -0.39 is 0 Å². The zero-order valence-electron chi connectivity index (χ0n) is 14.3. The van der Waals surface area contributed by atoms with E-state index in [1.807, 2.05) is 43.3 Å². The maximum Gasteiger partial charge on any atom is 0.274 e. The van der Waals surface area contributed by atoms with Crippen molar-refractivity contribution < 1.29 is 4.79 Å². The van der Waals surface area contributed by atoms with E-state index in [9.17, 15) is 9.59 Å². The van der Waals surface area contributed by atoms with Crippen molar-refractivity contribution in [2.75, 3.05) is 6.54 Å². The van der Waals surface area contributed by atoms with Crippen molar-refractivity contribution in [2.24, 2.45) is 0 Å². The summed E-state index contributed by atoms with van der Waals surface area (Å²) in [7, 11) is 0. The lowest BCUT2D eigenvalue weighted by Gasteiger charge is -2.21. The molecule has 0 saturated carbocycles. The number of benzene rings is 2. The summed E-state index contributed by atoms with van der Waals surface area (Å²) in [5.41, 5.74) is 1.39. The first-order valence-corrected chi connectivity index (χ1v) is 8.66. The Kier molecular flexibility index (Phi) is 5.49. The quantitative estimate of drug-likeness (QED) is 0.693. The molecule has 1 aromatic heterocycles. The number of carbonyl (C=O) groups excluding carboxylic acids is 1. The van der Waals surface area contributed by atoms with Crippen molar-refractivity contribution in [3.8, 4) is 5.69 Å². The molecule has 0 N–H and O–H groups in total. The Morgan fingerprint density at radius 2 is 1.73 bits per heavy atom. The molecule has 2 aromatic carbocycles. The summed E-state index contributed by atoms with van der Waals surface area (Å²) in [6.45, 7) is 2.76. The molecule has 132 valence electrons. The molecule has 0 atom stereocenters. The highest BCUT2D eigenvalue weighted by atomic mass is 35.5. The molecule has 0 aliphatic rings. The number of para-hydroxylation sites is 1. The minimum Gasteiger partial charge on any atom is -0.333 e. The van der Waals surface area contributed by atoms with Crippen LogP contribution in [0.25, 0.3) is 5.69 Å². The normalized spacial score (nSPS) is 10.5. The molecule has 0 fully saturated rings. The third-order valence-electron chi connectivity index (χ3n) is 4.01. The molecule has 6 heteroatoms. The summed E-state index contributed by atoms with van der Waals surface area (Å²) in [4.78, 5) is 26.7. The fraction of sp³-hybridized carbons (Fsp3) is 0.150. The first-order valence-electron chi connectivity index (χ1n) is 8.28. The van der Waals surface area contributed by atoms with Crippen LogP contribution in [0.15, 0.2) is 71.5 Å². The summed E-state index contributed by atoms with van der Waals surface area (Å²) in [6.07, 6.45) is 0. The molecule has 0 radical (unpaired) electrons. The van der Waals surface area contributed by atoms with Crippen molar-refractivity contribution in [2.45, 2.75) is 13.5 Å². The van der Waals surface area contributed by atoms with E-state index in [0.29, 0.717) is 23.8 Å². The first kappa shape index (κ1) is 17.9. The van der Waals surface area contributed by atoms with Crippen LogP contribution in [-0.4, -0.2) is 27.1 Å². The van der Waals surface area contributed by atoms with E-state index >= 15 is 0 Å². The molecule has 0 spiro atoms. The first-order chi connectivity index (χ1) is 12.6. The minimum absolute atomic E-state index is 0.211. The van der Waals surface area contributed by atoms with Gasteiger partial charge < -0.3 is 4.90 Å². The Labute approximate surface area is 156 Å². The van der Waals surface area contributed by atoms with Crippen LogP contribution in [0, 0.1) is 0 Å². The fourth-order valence-corrected chi connectivity index (χ4v) is 2.80. The summed E-state index contributed by atoms with van der Waals surface area (Å²) >= 11 is 6.20. The Morgan fingerprint density at radius 1 is 1.04 bits per heavy atom. The average Bonchev–Trinajstić information content (AvgIpc) is 2.68. The van der Waals surface area contributed by atoms with Gasteiger partial charge in [0.1, 0.15) is 5.69 Å². The van der Waals surface area contributed by atoms with Crippen LogP contribution in [0.2, 0.25) is 5.02 Å². The third kappa shape index (κ3) is 3.83. The molecule has 0 aliphatic heterocycles. The van der Waals surface area contributed by atoms with Gasteiger partial charge in [0, 0.05) is 24.2 Å². The topological polar surface area (TPSA) is 55.2 Å². The van der Waals surface area contributed by atoms with Crippen molar-refractivity contribution in [3.05, 3.63) is 93.4 Å². The Bertz CT molecular complexity index is 970. The molecule has 1 heterocycles. The standard InChI is InChI=1S/C20H18ClN3O2/c1-2-23(14-15-8-6-7-11-17(15)21)20(26)18-12-13-19(25)24(22-18)16-9-4-3-5-10-16/h3-13H,2,14H2,1H3. The highest BCUT2D eigenvalue weighted by molar-refractivity contribution is 6.31. The van der Waals surface area contributed by atoms with Crippen molar-refractivity contribution in [3.63, 3.8) is 0 Å². The molecular formula is C20H18ClN3O2. The van der Waals surface area contributed by atoms with Gasteiger partial charge in [-0.05, 0) is 36.8 Å². The van der Waals surface area contributed by atoms with Gasteiger partial charge in [0.15, 0.2) is 0 Å². The zero-order chi connectivity index (χ0) is 18.5. The predicted molar refractivity (Wildman–Crippen MR) is 102 cm³/mol. The van der Waals surface area contributed by atoms with Gasteiger partial charge in [0.25, 0.3) is 11.5 Å². The van der Waals surface area contributed by atoms with E-state index in [1.54, 1.807) is 23.1 Å². The summed E-state index contributed by atoms with van der Waals surface area (Å²) in [6, 6.07) is 19.2. The van der Waals surface area contributed by atoms with Crippen molar-refractivity contribution >= 4 is 17.5 Å². The second-order valence-electron chi connectivity index (χ2n) is 5.71. The van der Waals surface area contributed by atoms with Crippen LogP contribution in [-0.2, 0) is 6.54 Å². The maximum atomic E-state index is 12.9. The van der Waals surface area contributed by atoms with Gasteiger partial charge in [-0.1, -0.05) is 48.0 Å². The van der Waals surface area contributed by atoms with Gasteiger partial charge in [0.2, 0.25) is 0 Å². The van der Waals surface area contributed by atoms with Gasteiger partial charge in [-0.15, -0.1) is 0 Å². The molecule has 3 rings (SSSR count). The second-order valence-corrected chi connectivity index (χ2v) is 6.12. The van der Waals surface area contributed by atoms with Gasteiger partial charge in [0.05, 0.1) is 5.69 Å². The van der Waals surface area contributed by atoms with Crippen LogP contribution in [0.3, 0.4) is 0 Å². The molecule has 3 aromatic rings. The number of hydrogen-bond donors (Lipinski definition) is 0. The zero-order valence-corrected chi connectivity index (χ0v) is 15.1. The molecule has 0 saturated heterocycles. The maximum absolute atomic E-state index is 12.9. The van der Waals surface area contributed by atoms with E-state index in [0.717, 1.165) is 5.56 Å². The number of amides is 1. The van der Waals surface area contributed by atoms with E-state index in [2.05, 4.69) is 5.10 Å². The molecule has 1 amide bonds. The van der Waals surface area contributed by atoms with Crippen LogP contribution in [0.4, 0.5) is 0 Å². The van der Waals surface area contributed by atoms with E-state index in [-0.39, 0.29) is 17.2 Å². The van der Waals surface area contributed by atoms with Crippen LogP contribution in [0.5, 0.6) is 0 Å². The van der Waals surface area contributed by atoms with Crippen molar-refractivity contribution in [1.82, 2.24) is 14.7 Å². The van der Waals surface area contributed by atoms with Gasteiger partial charge in [-0.25, -0.2) is 0 Å². The van der Waals surface area contributed by atoms with Crippen LogP contribution >= 0.6 is 11.6 Å². The average molecular weight is 368 g/mol. The monoisotopic (exact) mass is 367 g/mol. The number of carbonyl (C=O) groups is 1. The highest BCUT2D eigenvalue weighted by Crippen LogP contribution is 2.18. The molecule has 5 nitrogen and oxygen atoms in total. The number of halogens is 1. The fourth-order valence-electron chi connectivity index (χ4n) is 2.60. The number of aromatic nitrogens is 2. The van der Waals surface area contributed by atoms with Crippen LogP contribution < -0.4 is 5.56 Å². The third-order valence-corrected chi connectivity index (χ3v) is 4.38. The lowest BCUT2D eigenvalue weighted by molar-refractivity contribution is 0.0744. The molecular weight excluding hydrogens is 350 g/mol. The molecule has 0 bridgehead atoms. The van der Waals surface area contributed by atoms with Crippen LogP contribution in [0.1, 0.15) is 23.0 Å². The highest BCUT2D eigenvalue weighted by Gasteiger charge is 2.18. The van der Waals surface area contributed by atoms with E-state index in [4.69, 9.17) is 11.6 Å². The van der Waals surface area contributed by atoms with E-state index in [1.165, 1.54) is 16.8 Å². The van der Waals surface area contributed by atoms with Gasteiger partial charge in [-0.3, -0.25) is 9.59 Å². The summed E-state index contributed by atoms with van der Waals surface area (Å²) < 4.78 is 1.23. The number of nitrogens with zero attached hydrogens (tertiary/aromatic N) is 3. The smallest absolute Gasteiger partial charge is 0.274 e. The minimum atomic E-state index is -0.290. The van der Waals surface area contributed by atoms with Gasteiger partial charge >= 0.3 is 0 Å². The molecule has 0 unspecified atom stereocenters. The summed E-state index contributed by atoms with van der Waals surface area (Å²) in [5.74, 6) is -0.253. The predicted octanol–water partition coefficient (Wildman–Crippen LogP) is 3.55. The Morgan fingerprint density at radius 3 is 2.42 bits per heavy atom. The summed E-state index contributed by atoms with van der Waals surface area (Å²) in [5, 5.41) is 4.87. The Balaban J connectivity index is 1.91. The lowest BCUT2D eigenvalue weighted by Crippen LogP contribution is -2.33. The number of rotatable bonds is 5. The lowest BCUT2D eigenvalue weighted by atomic mass is 10.2. The number of hydrogen-bond acceptors (Lipinski definition) is 3. The second kappa shape index (κ2) is 7.97. The molecule has 26 heavy (non-hydrogen) atoms. The van der Waals surface area contributed by atoms with Crippen molar-refractivity contribution in [1.29, 1.82) is 0 Å².